The van der Waals surface area contributed by atoms with Crippen LogP contribution in [0.25, 0.3) is 0 Å². The van der Waals surface area contributed by atoms with Crippen LogP contribution in [0.2, 0.25) is 0 Å². The second-order valence-corrected chi connectivity index (χ2v) is 5.10. The van der Waals surface area contributed by atoms with E-state index in [0.29, 0.717) is 6.61 Å². The Bertz CT molecular complexity index is 391. The van der Waals surface area contributed by atoms with Crippen molar-refractivity contribution in [2.45, 2.75) is 45.8 Å². The maximum Gasteiger partial charge on any atom is 0.249 e. The van der Waals surface area contributed by atoms with Gasteiger partial charge in [-0.05, 0) is 25.3 Å². The van der Waals surface area contributed by atoms with Gasteiger partial charge in [-0.1, -0.05) is 43.7 Å². The summed E-state index contributed by atoms with van der Waals surface area (Å²) in [6.07, 6.45) is 3.08. The van der Waals surface area contributed by atoms with Gasteiger partial charge in [0.15, 0.2) is 0 Å². The number of carbonyl (C=O) groups is 1. The number of nitrogens with zero attached hydrogens (tertiary/aromatic N) is 1. The molecule has 1 amide bonds. The molecule has 1 saturated heterocycles. The number of rotatable bonds is 3. The molecule has 3 heteroatoms. The SMILES string of the molecule is C[C@@H]1CCC[C@H](C)N(OCc2ccccc2)C1=O. The van der Waals surface area contributed by atoms with E-state index in [0.717, 1.165) is 24.8 Å². The average molecular weight is 247 g/mol. The summed E-state index contributed by atoms with van der Waals surface area (Å²) in [7, 11) is 0. The smallest absolute Gasteiger partial charge is 0.249 e. The summed E-state index contributed by atoms with van der Waals surface area (Å²) in [5, 5.41) is 1.59. The third-order valence-corrected chi connectivity index (χ3v) is 3.51. The summed E-state index contributed by atoms with van der Waals surface area (Å²) in [5.41, 5.74) is 1.09. The highest BCUT2D eigenvalue weighted by Crippen LogP contribution is 2.22. The number of benzene rings is 1. The van der Waals surface area contributed by atoms with Crippen molar-refractivity contribution < 1.29 is 9.63 Å². The van der Waals surface area contributed by atoms with E-state index in [1.54, 1.807) is 5.06 Å². The van der Waals surface area contributed by atoms with Crippen molar-refractivity contribution in [3.63, 3.8) is 0 Å². The molecule has 3 nitrogen and oxygen atoms in total. The van der Waals surface area contributed by atoms with E-state index < -0.39 is 0 Å². The number of hydrogen-bond donors (Lipinski definition) is 0. The van der Waals surface area contributed by atoms with Crippen LogP contribution in [-0.2, 0) is 16.2 Å². The molecule has 2 atom stereocenters. The molecular formula is C15H21NO2. The lowest BCUT2D eigenvalue weighted by Gasteiger charge is -2.27. The summed E-state index contributed by atoms with van der Waals surface area (Å²) in [5.74, 6) is 0.196. The molecule has 0 N–H and O–H groups in total. The monoisotopic (exact) mass is 247 g/mol. The fraction of sp³-hybridized carbons (Fsp3) is 0.533. The summed E-state index contributed by atoms with van der Waals surface area (Å²) >= 11 is 0. The second kappa shape index (κ2) is 6.01. The summed E-state index contributed by atoms with van der Waals surface area (Å²) in [6, 6.07) is 10.1. The molecule has 0 aromatic heterocycles. The van der Waals surface area contributed by atoms with Crippen LogP contribution in [0.5, 0.6) is 0 Å². The van der Waals surface area contributed by atoms with Crippen molar-refractivity contribution in [2.24, 2.45) is 5.92 Å². The minimum Gasteiger partial charge on any atom is -0.272 e. The first kappa shape index (κ1) is 13.1. The van der Waals surface area contributed by atoms with Gasteiger partial charge in [0.25, 0.3) is 0 Å². The van der Waals surface area contributed by atoms with E-state index in [-0.39, 0.29) is 17.9 Å². The molecule has 1 aromatic carbocycles. The Balaban J connectivity index is 1.99. The first-order valence-corrected chi connectivity index (χ1v) is 6.68. The van der Waals surface area contributed by atoms with E-state index in [9.17, 15) is 4.79 Å². The van der Waals surface area contributed by atoms with Crippen LogP contribution in [0.1, 0.15) is 38.7 Å². The van der Waals surface area contributed by atoms with Gasteiger partial charge >= 0.3 is 0 Å². The molecule has 98 valence electrons. The summed E-state index contributed by atoms with van der Waals surface area (Å²) < 4.78 is 0. The van der Waals surface area contributed by atoms with Gasteiger partial charge in [-0.2, -0.15) is 0 Å². The zero-order valence-electron chi connectivity index (χ0n) is 11.1. The minimum absolute atomic E-state index is 0.0747. The fourth-order valence-corrected chi connectivity index (χ4v) is 2.30. The summed E-state index contributed by atoms with van der Waals surface area (Å²) in [4.78, 5) is 17.9. The van der Waals surface area contributed by atoms with Gasteiger partial charge in [0.1, 0.15) is 6.61 Å². The molecule has 18 heavy (non-hydrogen) atoms. The van der Waals surface area contributed by atoms with Crippen LogP contribution in [0.15, 0.2) is 30.3 Å². The van der Waals surface area contributed by atoms with E-state index in [2.05, 4.69) is 6.92 Å². The molecular weight excluding hydrogens is 226 g/mol. The largest absolute Gasteiger partial charge is 0.272 e. The molecule has 2 rings (SSSR count). The van der Waals surface area contributed by atoms with Gasteiger partial charge < -0.3 is 0 Å². The molecule has 1 fully saturated rings. The molecule has 0 aliphatic carbocycles. The third-order valence-electron chi connectivity index (χ3n) is 3.51. The van der Waals surface area contributed by atoms with Crippen LogP contribution >= 0.6 is 0 Å². The van der Waals surface area contributed by atoms with Gasteiger partial charge in [-0.25, -0.2) is 5.06 Å². The van der Waals surface area contributed by atoms with Crippen LogP contribution in [-0.4, -0.2) is 17.0 Å². The fourth-order valence-electron chi connectivity index (χ4n) is 2.30. The van der Waals surface area contributed by atoms with Crippen molar-refractivity contribution in [3.8, 4) is 0 Å². The lowest BCUT2D eigenvalue weighted by Crippen LogP contribution is -2.39. The Morgan fingerprint density at radius 2 is 1.94 bits per heavy atom. The zero-order chi connectivity index (χ0) is 13.0. The van der Waals surface area contributed by atoms with E-state index in [4.69, 9.17) is 4.84 Å². The minimum atomic E-state index is 0.0747. The Kier molecular flexibility index (Phi) is 4.37. The standard InChI is InChI=1S/C15H21NO2/c1-12-7-6-8-13(2)16(15(12)17)18-11-14-9-4-3-5-10-14/h3-5,9-10,12-13H,6-8,11H2,1-2H3/t12-,13+/m1/s1. The van der Waals surface area contributed by atoms with Crippen LogP contribution in [0.4, 0.5) is 0 Å². The molecule has 0 radical (unpaired) electrons. The molecule has 0 bridgehead atoms. The van der Waals surface area contributed by atoms with Crippen molar-refractivity contribution in [2.75, 3.05) is 0 Å². The molecule has 1 heterocycles. The van der Waals surface area contributed by atoms with Gasteiger partial charge in [0, 0.05) is 5.92 Å². The highest BCUT2D eigenvalue weighted by atomic mass is 16.7. The van der Waals surface area contributed by atoms with E-state index in [1.807, 2.05) is 37.3 Å². The molecule has 1 aliphatic rings. The van der Waals surface area contributed by atoms with E-state index in [1.165, 1.54) is 0 Å². The van der Waals surface area contributed by atoms with Crippen LogP contribution in [0.3, 0.4) is 0 Å². The number of hydrogen-bond acceptors (Lipinski definition) is 2. The first-order chi connectivity index (χ1) is 8.68. The highest BCUT2D eigenvalue weighted by molar-refractivity contribution is 5.78. The number of amides is 1. The third kappa shape index (κ3) is 3.10. The molecule has 0 spiro atoms. The average Bonchev–Trinajstić information content (AvgIpc) is 2.50. The van der Waals surface area contributed by atoms with Gasteiger partial charge in [-0.15, -0.1) is 0 Å². The van der Waals surface area contributed by atoms with Crippen molar-refractivity contribution in [3.05, 3.63) is 35.9 Å². The van der Waals surface area contributed by atoms with Gasteiger partial charge in [-0.3, -0.25) is 9.63 Å². The second-order valence-electron chi connectivity index (χ2n) is 5.10. The maximum absolute atomic E-state index is 12.2. The van der Waals surface area contributed by atoms with Crippen LogP contribution in [0, 0.1) is 5.92 Å². The molecule has 1 aliphatic heterocycles. The van der Waals surface area contributed by atoms with Gasteiger partial charge in [0.2, 0.25) is 5.91 Å². The zero-order valence-corrected chi connectivity index (χ0v) is 11.1. The van der Waals surface area contributed by atoms with Gasteiger partial charge in [0.05, 0.1) is 6.04 Å². The summed E-state index contributed by atoms with van der Waals surface area (Å²) in [6.45, 7) is 4.50. The van der Waals surface area contributed by atoms with Crippen LogP contribution < -0.4 is 0 Å². The topological polar surface area (TPSA) is 29.5 Å². The lowest BCUT2D eigenvalue weighted by atomic mass is 10.1. The Morgan fingerprint density at radius 1 is 1.22 bits per heavy atom. The van der Waals surface area contributed by atoms with E-state index >= 15 is 0 Å². The Morgan fingerprint density at radius 3 is 2.67 bits per heavy atom. The molecule has 0 saturated carbocycles. The van der Waals surface area contributed by atoms with Crippen molar-refractivity contribution in [1.82, 2.24) is 5.06 Å². The maximum atomic E-state index is 12.2. The Labute approximate surface area is 109 Å². The number of hydroxylamine groups is 2. The van der Waals surface area contributed by atoms with Crippen molar-refractivity contribution >= 4 is 5.91 Å². The normalized spacial score (nSPS) is 25.0. The molecule has 1 aromatic rings. The number of carbonyl (C=O) groups excluding carboxylic acids is 1. The highest BCUT2D eigenvalue weighted by Gasteiger charge is 2.29. The quantitative estimate of drug-likeness (QED) is 0.821. The first-order valence-electron chi connectivity index (χ1n) is 6.68. The predicted molar refractivity (Wildman–Crippen MR) is 70.6 cm³/mol. The Hall–Kier alpha value is -1.35. The lowest BCUT2D eigenvalue weighted by molar-refractivity contribution is -0.206. The van der Waals surface area contributed by atoms with Crippen molar-refractivity contribution in [1.29, 1.82) is 0 Å². The molecule has 0 unspecified atom stereocenters. The predicted octanol–water partition coefficient (Wildman–Crippen LogP) is 3.16.